The number of phenolic OH excluding ortho intramolecular Hbond substituents is 1. The number of hydrogen-bond acceptors (Lipinski definition) is 10. The average Bonchev–Trinajstić information content (AvgIpc) is 2.87. The van der Waals surface area contributed by atoms with Gasteiger partial charge in [-0.3, -0.25) is 0 Å². The molecule has 2 aromatic carbocycles. The van der Waals surface area contributed by atoms with Crippen molar-refractivity contribution in [3.63, 3.8) is 0 Å². The van der Waals surface area contributed by atoms with Crippen LogP contribution in [0.3, 0.4) is 0 Å². The minimum absolute atomic E-state index is 0.0206. The third kappa shape index (κ3) is 5.48. The van der Waals surface area contributed by atoms with Crippen LogP contribution in [0, 0.1) is 0 Å². The molecule has 2 aromatic rings. The van der Waals surface area contributed by atoms with E-state index in [1.165, 1.54) is 13.2 Å². The van der Waals surface area contributed by atoms with Crippen molar-refractivity contribution in [2.24, 2.45) is 0 Å². The Morgan fingerprint density at radius 2 is 1.74 bits per heavy atom. The quantitative estimate of drug-likeness (QED) is 0.362. The summed E-state index contributed by atoms with van der Waals surface area (Å²) >= 11 is 0. The summed E-state index contributed by atoms with van der Waals surface area (Å²) in [5.41, 5.74) is 1.65. The Balaban J connectivity index is 1.58. The fraction of sp³-hybridized carbons (Fsp3) is 0.520. The summed E-state index contributed by atoms with van der Waals surface area (Å²) in [6, 6.07) is 10.4. The Labute approximate surface area is 203 Å². The van der Waals surface area contributed by atoms with Gasteiger partial charge in [0.15, 0.2) is 41.5 Å². The van der Waals surface area contributed by atoms with Gasteiger partial charge in [-0.15, -0.1) is 0 Å². The lowest BCUT2D eigenvalue weighted by molar-refractivity contribution is -0.298. The summed E-state index contributed by atoms with van der Waals surface area (Å²) in [6.07, 6.45) is -6.06. The summed E-state index contributed by atoms with van der Waals surface area (Å²) in [6.45, 7) is 1.59. The standard InChI is InChI=1S/C25H32O10/c1-13-21(28)22(29)23(30)25(33-13)32-12-20-24(15-6-7-16(27)18(11-15)31-2)35-19-10-14(4-3-9-26)5-8-17(19)34-20/h5-8,10-11,13,20-30H,3-4,9,12H2,1-2H3/t13-,20-,21-,22+,23+,24-,25+/m0/s1. The van der Waals surface area contributed by atoms with E-state index in [1.807, 2.05) is 12.1 Å². The number of aromatic hydroxyl groups is 1. The molecule has 4 rings (SSSR count). The minimum atomic E-state index is -1.45. The van der Waals surface area contributed by atoms with Gasteiger partial charge in [0.05, 0.1) is 19.8 Å². The molecule has 10 nitrogen and oxygen atoms in total. The van der Waals surface area contributed by atoms with Crippen LogP contribution in [0.15, 0.2) is 36.4 Å². The van der Waals surface area contributed by atoms with Crippen LogP contribution in [0.5, 0.6) is 23.0 Å². The maximum atomic E-state index is 10.3. The van der Waals surface area contributed by atoms with Gasteiger partial charge >= 0.3 is 0 Å². The molecule has 0 amide bonds. The zero-order valence-electron chi connectivity index (χ0n) is 19.6. The minimum Gasteiger partial charge on any atom is -0.504 e. The normalized spacial score (nSPS) is 30.2. The number of fused-ring (bicyclic) bond motifs is 1. The van der Waals surface area contributed by atoms with E-state index in [4.69, 9.17) is 28.8 Å². The first-order chi connectivity index (χ1) is 16.8. The van der Waals surface area contributed by atoms with Crippen LogP contribution in [-0.2, 0) is 15.9 Å². The molecule has 5 N–H and O–H groups in total. The maximum absolute atomic E-state index is 10.3. The van der Waals surface area contributed by atoms with Crippen LogP contribution >= 0.6 is 0 Å². The lowest BCUT2D eigenvalue weighted by Crippen LogP contribution is -2.57. The first-order valence-corrected chi connectivity index (χ1v) is 11.6. The molecule has 2 heterocycles. The second-order valence-corrected chi connectivity index (χ2v) is 8.75. The van der Waals surface area contributed by atoms with Gasteiger partial charge in [0.1, 0.15) is 18.3 Å². The molecule has 0 aliphatic carbocycles. The van der Waals surface area contributed by atoms with E-state index in [0.717, 1.165) is 5.56 Å². The monoisotopic (exact) mass is 492 g/mol. The van der Waals surface area contributed by atoms with Crippen molar-refractivity contribution in [3.8, 4) is 23.0 Å². The van der Waals surface area contributed by atoms with E-state index in [2.05, 4.69) is 0 Å². The number of benzene rings is 2. The van der Waals surface area contributed by atoms with Crippen molar-refractivity contribution in [1.82, 2.24) is 0 Å². The van der Waals surface area contributed by atoms with Gasteiger partial charge in [-0.25, -0.2) is 0 Å². The van der Waals surface area contributed by atoms with E-state index in [1.54, 1.807) is 25.1 Å². The number of methoxy groups -OCH3 is 1. The van der Waals surface area contributed by atoms with E-state index < -0.39 is 42.9 Å². The lowest BCUT2D eigenvalue weighted by Gasteiger charge is -2.40. The van der Waals surface area contributed by atoms with Crippen molar-refractivity contribution in [2.75, 3.05) is 20.3 Å². The molecule has 192 valence electrons. The first-order valence-electron chi connectivity index (χ1n) is 11.6. The van der Waals surface area contributed by atoms with Gasteiger partial charge in [0.25, 0.3) is 0 Å². The topological polar surface area (TPSA) is 147 Å². The average molecular weight is 493 g/mol. The number of hydrogen-bond donors (Lipinski definition) is 5. The number of aliphatic hydroxyl groups excluding tert-OH is 4. The number of ether oxygens (including phenoxy) is 5. The SMILES string of the molecule is COc1cc([C@@H]2Oc3cc(CCCO)ccc3O[C@H]2CO[C@@H]2O[C@@H](C)[C@H](O)[C@@H](O)[C@H]2O)ccc1O. The number of aryl methyl sites for hydroxylation is 1. The first kappa shape index (κ1) is 25.5. The molecule has 1 saturated heterocycles. The maximum Gasteiger partial charge on any atom is 0.186 e. The molecule has 0 bridgehead atoms. The smallest absolute Gasteiger partial charge is 0.186 e. The largest absolute Gasteiger partial charge is 0.504 e. The fourth-order valence-electron chi connectivity index (χ4n) is 4.23. The van der Waals surface area contributed by atoms with Crippen molar-refractivity contribution in [3.05, 3.63) is 47.5 Å². The summed E-state index contributed by atoms with van der Waals surface area (Å²) in [4.78, 5) is 0. The van der Waals surface area contributed by atoms with Crippen molar-refractivity contribution < 1.29 is 49.2 Å². The van der Waals surface area contributed by atoms with E-state index in [9.17, 15) is 20.4 Å². The van der Waals surface area contributed by atoms with Crippen LogP contribution in [0.25, 0.3) is 0 Å². The highest BCUT2D eigenvalue weighted by molar-refractivity contribution is 5.47. The molecule has 1 fully saturated rings. The fourth-order valence-corrected chi connectivity index (χ4v) is 4.23. The van der Waals surface area contributed by atoms with Crippen molar-refractivity contribution >= 4 is 0 Å². The van der Waals surface area contributed by atoms with Gasteiger partial charge in [0.2, 0.25) is 0 Å². The Morgan fingerprint density at radius 1 is 0.943 bits per heavy atom. The zero-order valence-corrected chi connectivity index (χ0v) is 19.6. The number of aliphatic hydroxyl groups is 4. The van der Waals surface area contributed by atoms with Gasteiger partial charge in [-0.2, -0.15) is 0 Å². The molecule has 0 aromatic heterocycles. The number of rotatable bonds is 8. The molecule has 10 heteroatoms. The lowest BCUT2D eigenvalue weighted by atomic mass is 9.99. The second-order valence-electron chi connectivity index (χ2n) is 8.75. The summed E-state index contributed by atoms with van der Waals surface area (Å²) < 4.78 is 29.1. The third-order valence-electron chi connectivity index (χ3n) is 6.27. The Bertz CT molecular complexity index is 998. The third-order valence-corrected chi connectivity index (χ3v) is 6.27. The van der Waals surface area contributed by atoms with Gasteiger partial charge < -0.3 is 49.2 Å². The van der Waals surface area contributed by atoms with Crippen molar-refractivity contribution in [2.45, 2.75) is 62.7 Å². The Hall–Kier alpha value is -2.60. The highest BCUT2D eigenvalue weighted by Crippen LogP contribution is 2.42. The van der Waals surface area contributed by atoms with E-state index in [-0.39, 0.29) is 24.7 Å². The molecule has 7 atom stereocenters. The van der Waals surface area contributed by atoms with Crippen LogP contribution in [0.4, 0.5) is 0 Å². The van der Waals surface area contributed by atoms with Crippen LogP contribution in [-0.4, -0.2) is 82.7 Å². The summed E-state index contributed by atoms with van der Waals surface area (Å²) in [5.74, 6) is 1.27. The predicted octanol–water partition coefficient (Wildman–Crippen LogP) is 1.05. The predicted molar refractivity (Wildman–Crippen MR) is 123 cm³/mol. The molecule has 0 saturated carbocycles. The van der Waals surface area contributed by atoms with Crippen molar-refractivity contribution in [1.29, 1.82) is 0 Å². The van der Waals surface area contributed by atoms with Gasteiger partial charge in [-0.1, -0.05) is 12.1 Å². The molecule has 35 heavy (non-hydrogen) atoms. The molecule has 2 aliphatic heterocycles. The van der Waals surface area contributed by atoms with E-state index >= 15 is 0 Å². The molecule has 2 aliphatic rings. The molecule has 0 radical (unpaired) electrons. The highest BCUT2D eigenvalue weighted by atomic mass is 16.7. The second kappa shape index (κ2) is 11.0. The van der Waals surface area contributed by atoms with Crippen LogP contribution in [0.2, 0.25) is 0 Å². The number of phenols is 1. The van der Waals surface area contributed by atoms with E-state index in [0.29, 0.717) is 29.9 Å². The van der Waals surface area contributed by atoms with Crippen LogP contribution < -0.4 is 14.2 Å². The summed E-state index contributed by atoms with van der Waals surface area (Å²) in [5, 5.41) is 49.5. The molecule has 0 spiro atoms. The molecular formula is C25H32O10. The molecular weight excluding hydrogens is 460 g/mol. The Morgan fingerprint density at radius 3 is 2.49 bits per heavy atom. The van der Waals surface area contributed by atoms with Gasteiger partial charge in [-0.05, 0) is 49.6 Å². The van der Waals surface area contributed by atoms with Crippen LogP contribution in [0.1, 0.15) is 30.6 Å². The Kier molecular flexibility index (Phi) is 8.00. The molecule has 0 unspecified atom stereocenters. The summed E-state index contributed by atoms with van der Waals surface area (Å²) in [7, 11) is 1.45. The van der Waals surface area contributed by atoms with Gasteiger partial charge in [0, 0.05) is 12.2 Å². The zero-order chi connectivity index (χ0) is 25.1. The highest BCUT2D eigenvalue weighted by Gasteiger charge is 2.43.